The summed E-state index contributed by atoms with van der Waals surface area (Å²) in [7, 11) is 0. The Kier molecular flexibility index (Phi) is 6.42. The lowest BCUT2D eigenvalue weighted by Crippen LogP contribution is -2.30. The van der Waals surface area contributed by atoms with Gasteiger partial charge in [0.25, 0.3) is 11.8 Å². The van der Waals surface area contributed by atoms with Crippen LogP contribution in [0, 0.1) is 0 Å². The highest BCUT2D eigenvalue weighted by molar-refractivity contribution is 9.10. The number of carbonyl (C=O) groups excluding carboxylic acids is 2. The molecule has 146 valence electrons. The van der Waals surface area contributed by atoms with Gasteiger partial charge in [0, 0.05) is 10.2 Å². The Morgan fingerprint density at radius 2 is 2.07 bits per heavy atom. The number of anilines is 1. The van der Waals surface area contributed by atoms with E-state index in [0.29, 0.717) is 5.69 Å². The van der Waals surface area contributed by atoms with Crippen molar-refractivity contribution >= 4 is 44.8 Å². The third-order valence-electron chi connectivity index (χ3n) is 3.66. The monoisotopic (exact) mass is 465 g/mol. The van der Waals surface area contributed by atoms with Gasteiger partial charge in [-0.3, -0.25) is 9.59 Å². The molecule has 0 saturated carbocycles. The van der Waals surface area contributed by atoms with Gasteiger partial charge >= 0.3 is 11.7 Å². The summed E-state index contributed by atoms with van der Waals surface area (Å²) >= 11 is 4.70. The first-order chi connectivity index (χ1) is 13.4. The number of thiophene rings is 1. The molecule has 1 amide bonds. The van der Waals surface area contributed by atoms with Crippen LogP contribution in [0.15, 0.2) is 55.5 Å². The summed E-state index contributed by atoms with van der Waals surface area (Å²) in [5, 5.41) is 8.56. The molecule has 3 aromatic rings. The molecule has 0 fully saturated rings. The van der Waals surface area contributed by atoms with Crippen LogP contribution in [0.3, 0.4) is 0 Å². The molecule has 0 aliphatic rings. The standard InChI is InChI=1S/C18H16BrN3O5S/c1-11(16(24)20-13-6-4-12(19)5-7-13)26-15(23)8-9-22-18(25)27-17(21-22)14-3-2-10-28-14/h2-7,10-11H,8-9H2,1H3,(H,20,24). The lowest BCUT2D eigenvalue weighted by atomic mass is 10.3. The zero-order valence-corrected chi connectivity index (χ0v) is 17.2. The second kappa shape index (κ2) is 8.98. The average Bonchev–Trinajstić information content (AvgIpc) is 3.31. The van der Waals surface area contributed by atoms with Crippen molar-refractivity contribution in [2.75, 3.05) is 5.32 Å². The Morgan fingerprint density at radius 3 is 2.75 bits per heavy atom. The van der Waals surface area contributed by atoms with Crippen LogP contribution in [0.1, 0.15) is 13.3 Å². The molecule has 0 saturated heterocycles. The number of esters is 1. The van der Waals surface area contributed by atoms with Gasteiger partial charge in [0.15, 0.2) is 6.10 Å². The first kappa shape index (κ1) is 20.0. The molecule has 8 nitrogen and oxygen atoms in total. The molecule has 0 aliphatic carbocycles. The van der Waals surface area contributed by atoms with Crippen LogP contribution in [-0.2, 0) is 20.9 Å². The van der Waals surface area contributed by atoms with E-state index in [1.807, 2.05) is 11.4 Å². The van der Waals surface area contributed by atoms with Gasteiger partial charge in [-0.1, -0.05) is 22.0 Å². The second-order valence-corrected chi connectivity index (χ2v) is 7.62. The maximum Gasteiger partial charge on any atom is 0.437 e. The zero-order chi connectivity index (χ0) is 20.1. The van der Waals surface area contributed by atoms with Crippen LogP contribution in [0.5, 0.6) is 0 Å². The minimum Gasteiger partial charge on any atom is -0.452 e. The highest BCUT2D eigenvalue weighted by atomic mass is 79.9. The van der Waals surface area contributed by atoms with Crippen LogP contribution < -0.4 is 11.1 Å². The van der Waals surface area contributed by atoms with E-state index in [0.717, 1.165) is 14.0 Å². The highest BCUT2D eigenvalue weighted by Crippen LogP contribution is 2.21. The first-order valence-electron chi connectivity index (χ1n) is 8.30. The van der Waals surface area contributed by atoms with Crippen molar-refractivity contribution in [3.63, 3.8) is 0 Å². The topological polar surface area (TPSA) is 103 Å². The summed E-state index contributed by atoms with van der Waals surface area (Å²) in [6.45, 7) is 1.47. The summed E-state index contributed by atoms with van der Waals surface area (Å²) in [6, 6.07) is 10.6. The van der Waals surface area contributed by atoms with Gasteiger partial charge in [-0.2, -0.15) is 4.68 Å². The van der Waals surface area contributed by atoms with Crippen LogP contribution in [0.25, 0.3) is 10.8 Å². The molecule has 3 rings (SSSR count). The van der Waals surface area contributed by atoms with E-state index in [1.165, 1.54) is 18.3 Å². The molecule has 0 bridgehead atoms. The fourth-order valence-corrected chi connectivity index (χ4v) is 3.14. The van der Waals surface area contributed by atoms with Crippen molar-refractivity contribution in [2.45, 2.75) is 26.0 Å². The van der Waals surface area contributed by atoms with Crippen LogP contribution in [0.4, 0.5) is 5.69 Å². The number of hydrogen-bond acceptors (Lipinski definition) is 7. The molecule has 1 aromatic carbocycles. The Morgan fingerprint density at radius 1 is 1.32 bits per heavy atom. The largest absolute Gasteiger partial charge is 0.452 e. The number of hydrogen-bond donors (Lipinski definition) is 1. The Bertz CT molecular complexity index is 1010. The van der Waals surface area contributed by atoms with Crippen molar-refractivity contribution in [2.24, 2.45) is 0 Å². The number of nitrogens with zero attached hydrogens (tertiary/aromatic N) is 2. The molecular formula is C18H16BrN3O5S. The van der Waals surface area contributed by atoms with Crippen molar-refractivity contribution in [3.8, 4) is 10.8 Å². The van der Waals surface area contributed by atoms with Crippen molar-refractivity contribution < 1.29 is 18.7 Å². The molecule has 2 aromatic heterocycles. The van der Waals surface area contributed by atoms with E-state index >= 15 is 0 Å². The van der Waals surface area contributed by atoms with Crippen LogP contribution >= 0.6 is 27.3 Å². The van der Waals surface area contributed by atoms with Crippen LogP contribution in [0.2, 0.25) is 0 Å². The molecule has 1 atom stereocenters. The molecule has 28 heavy (non-hydrogen) atoms. The lowest BCUT2D eigenvalue weighted by molar-refractivity contribution is -0.153. The summed E-state index contributed by atoms with van der Waals surface area (Å²) in [5.41, 5.74) is 0.589. The minimum absolute atomic E-state index is 0.00636. The summed E-state index contributed by atoms with van der Waals surface area (Å²) in [6.07, 6.45) is -1.10. The maximum atomic E-state index is 12.1. The lowest BCUT2D eigenvalue weighted by Gasteiger charge is -2.13. The van der Waals surface area contributed by atoms with Gasteiger partial charge in [0.2, 0.25) is 0 Å². The predicted octanol–water partition coefficient (Wildman–Crippen LogP) is 3.29. The minimum atomic E-state index is -0.980. The van der Waals surface area contributed by atoms with E-state index in [1.54, 1.807) is 30.3 Å². The van der Waals surface area contributed by atoms with Gasteiger partial charge in [-0.15, -0.1) is 16.4 Å². The van der Waals surface area contributed by atoms with Gasteiger partial charge in [-0.25, -0.2) is 4.79 Å². The van der Waals surface area contributed by atoms with Crippen molar-refractivity contribution in [3.05, 3.63) is 56.8 Å². The summed E-state index contributed by atoms with van der Waals surface area (Å²) < 4.78 is 12.1. The van der Waals surface area contributed by atoms with E-state index in [4.69, 9.17) is 9.15 Å². The van der Waals surface area contributed by atoms with E-state index < -0.39 is 23.7 Å². The number of aromatic nitrogens is 2. The summed E-state index contributed by atoms with van der Waals surface area (Å²) in [4.78, 5) is 36.7. The van der Waals surface area contributed by atoms with Gasteiger partial charge in [-0.05, 0) is 42.6 Å². The first-order valence-corrected chi connectivity index (χ1v) is 9.97. The fourth-order valence-electron chi connectivity index (χ4n) is 2.23. The Labute approximate surface area is 172 Å². The number of ether oxygens (including phenoxy) is 1. The molecule has 10 heteroatoms. The van der Waals surface area contributed by atoms with Crippen LogP contribution in [-0.4, -0.2) is 27.8 Å². The smallest absolute Gasteiger partial charge is 0.437 e. The number of aryl methyl sites for hydroxylation is 1. The highest BCUT2D eigenvalue weighted by Gasteiger charge is 2.19. The van der Waals surface area contributed by atoms with E-state index in [-0.39, 0.29) is 18.9 Å². The molecule has 0 aliphatic heterocycles. The molecular weight excluding hydrogens is 450 g/mol. The third kappa shape index (κ3) is 5.17. The third-order valence-corrected chi connectivity index (χ3v) is 5.04. The number of rotatable bonds is 7. The fraction of sp³-hybridized carbons (Fsp3) is 0.222. The van der Waals surface area contributed by atoms with Gasteiger partial charge in [0.05, 0.1) is 17.8 Å². The number of carbonyl (C=O) groups is 2. The molecule has 0 radical (unpaired) electrons. The van der Waals surface area contributed by atoms with Crippen molar-refractivity contribution in [1.82, 2.24) is 9.78 Å². The molecule has 2 heterocycles. The summed E-state index contributed by atoms with van der Waals surface area (Å²) in [5.74, 6) is -1.52. The van der Waals surface area contributed by atoms with Gasteiger partial charge in [0.1, 0.15) is 0 Å². The average molecular weight is 466 g/mol. The molecule has 1 unspecified atom stereocenters. The SMILES string of the molecule is CC(OC(=O)CCn1nc(-c2cccs2)oc1=O)C(=O)Nc1ccc(Br)cc1. The van der Waals surface area contributed by atoms with Crippen molar-refractivity contribution in [1.29, 1.82) is 0 Å². The molecule has 0 spiro atoms. The molecule has 1 N–H and O–H groups in total. The van der Waals surface area contributed by atoms with Gasteiger partial charge < -0.3 is 14.5 Å². The number of nitrogens with one attached hydrogen (secondary N) is 1. The maximum absolute atomic E-state index is 12.1. The quantitative estimate of drug-likeness (QED) is 0.536. The number of amides is 1. The van der Waals surface area contributed by atoms with E-state index in [9.17, 15) is 14.4 Å². The zero-order valence-electron chi connectivity index (χ0n) is 14.8. The predicted molar refractivity (Wildman–Crippen MR) is 107 cm³/mol. The van der Waals surface area contributed by atoms with E-state index in [2.05, 4.69) is 26.3 Å². The Balaban J connectivity index is 1.50. The Hall–Kier alpha value is -2.72. The second-order valence-electron chi connectivity index (χ2n) is 5.75. The number of halogens is 1. The number of benzene rings is 1. The normalized spacial score (nSPS) is 11.8.